The third-order valence-electron chi connectivity index (χ3n) is 3.05. The van der Waals surface area contributed by atoms with Crippen LogP contribution in [0.3, 0.4) is 0 Å². The van der Waals surface area contributed by atoms with Gasteiger partial charge in [0.1, 0.15) is 0 Å². The number of alkyl halides is 3. The highest BCUT2D eigenvalue weighted by molar-refractivity contribution is 5.53. The second kappa shape index (κ2) is 4.56. The quantitative estimate of drug-likeness (QED) is 0.839. The van der Waals surface area contributed by atoms with Crippen LogP contribution >= 0.6 is 0 Å². The van der Waals surface area contributed by atoms with Crippen molar-refractivity contribution in [3.8, 4) is 0 Å². The lowest BCUT2D eigenvalue weighted by atomic mass is 10.1. The van der Waals surface area contributed by atoms with Gasteiger partial charge in [-0.2, -0.15) is 13.2 Å². The predicted molar refractivity (Wildman–Crippen MR) is 58.7 cm³/mol. The normalized spacial score (nSPS) is 24.9. The van der Waals surface area contributed by atoms with Gasteiger partial charge in [0.2, 0.25) is 0 Å². The Labute approximate surface area is 97.5 Å². The van der Waals surface area contributed by atoms with Gasteiger partial charge < -0.3 is 10.4 Å². The number of benzene rings is 1. The van der Waals surface area contributed by atoms with Crippen LogP contribution in [0.25, 0.3) is 0 Å². The maximum absolute atomic E-state index is 12.7. The molecule has 0 saturated heterocycles. The van der Waals surface area contributed by atoms with Crippen molar-refractivity contribution in [2.24, 2.45) is 0 Å². The van der Waals surface area contributed by atoms with Gasteiger partial charge in [-0.3, -0.25) is 0 Å². The van der Waals surface area contributed by atoms with Crippen molar-refractivity contribution in [3.63, 3.8) is 0 Å². The fraction of sp³-hybridized carbons (Fsp3) is 0.500. The topological polar surface area (TPSA) is 32.3 Å². The average molecular weight is 245 g/mol. The van der Waals surface area contributed by atoms with Gasteiger partial charge >= 0.3 is 6.18 Å². The zero-order valence-corrected chi connectivity index (χ0v) is 9.17. The minimum Gasteiger partial charge on any atom is -0.391 e. The fourth-order valence-electron chi connectivity index (χ4n) is 2.16. The van der Waals surface area contributed by atoms with Crippen LogP contribution in [0.5, 0.6) is 0 Å². The van der Waals surface area contributed by atoms with E-state index in [-0.39, 0.29) is 11.7 Å². The number of nitrogens with one attached hydrogen (secondary N) is 1. The van der Waals surface area contributed by atoms with Crippen molar-refractivity contribution in [3.05, 3.63) is 29.8 Å². The SMILES string of the molecule is O[C@@H]1CCC[C@H]1Nc1ccccc1C(F)(F)F. The Morgan fingerprint density at radius 1 is 1.18 bits per heavy atom. The summed E-state index contributed by atoms with van der Waals surface area (Å²) in [4.78, 5) is 0. The summed E-state index contributed by atoms with van der Waals surface area (Å²) in [6.07, 6.45) is -2.74. The zero-order valence-electron chi connectivity index (χ0n) is 9.17. The van der Waals surface area contributed by atoms with Gasteiger partial charge in [-0.05, 0) is 31.4 Å². The van der Waals surface area contributed by atoms with E-state index >= 15 is 0 Å². The van der Waals surface area contributed by atoms with Crippen LogP contribution in [0, 0.1) is 0 Å². The molecule has 2 N–H and O–H groups in total. The van der Waals surface area contributed by atoms with Gasteiger partial charge in [-0.1, -0.05) is 12.1 Å². The Morgan fingerprint density at radius 2 is 1.88 bits per heavy atom. The molecule has 0 bridgehead atoms. The first-order valence-electron chi connectivity index (χ1n) is 5.59. The lowest BCUT2D eigenvalue weighted by Crippen LogP contribution is -2.29. The van der Waals surface area contributed by atoms with E-state index < -0.39 is 17.8 Å². The van der Waals surface area contributed by atoms with E-state index in [1.54, 1.807) is 6.07 Å². The monoisotopic (exact) mass is 245 g/mol. The second-order valence-electron chi connectivity index (χ2n) is 4.29. The molecule has 17 heavy (non-hydrogen) atoms. The number of rotatable bonds is 2. The molecular weight excluding hydrogens is 231 g/mol. The van der Waals surface area contributed by atoms with E-state index in [9.17, 15) is 18.3 Å². The van der Waals surface area contributed by atoms with E-state index in [0.29, 0.717) is 12.8 Å². The first-order valence-corrected chi connectivity index (χ1v) is 5.59. The summed E-state index contributed by atoms with van der Waals surface area (Å²) in [6, 6.07) is 5.08. The summed E-state index contributed by atoms with van der Waals surface area (Å²) < 4.78 is 38.2. The summed E-state index contributed by atoms with van der Waals surface area (Å²) >= 11 is 0. The highest BCUT2D eigenvalue weighted by atomic mass is 19.4. The maximum Gasteiger partial charge on any atom is 0.418 e. The average Bonchev–Trinajstić information content (AvgIpc) is 2.64. The molecule has 0 heterocycles. The number of aliphatic hydroxyl groups is 1. The van der Waals surface area contributed by atoms with Crippen LogP contribution in [0.1, 0.15) is 24.8 Å². The van der Waals surface area contributed by atoms with Crippen molar-refractivity contribution < 1.29 is 18.3 Å². The smallest absolute Gasteiger partial charge is 0.391 e. The van der Waals surface area contributed by atoms with E-state index in [1.165, 1.54) is 12.1 Å². The van der Waals surface area contributed by atoms with Crippen molar-refractivity contribution in [1.82, 2.24) is 0 Å². The molecule has 0 aromatic heterocycles. The Hall–Kier alpha value is -1.23. The van der Waals surface area contributed by atoms with E-state index in [2.05, 4.69) is 5.32 Å². The highest BCUT2D eigenvalue weighted by Crippen LogP contribution is 2.35. The Balaban J connectivity index is 2.21. The van der Waals surface area contributed by atoms with Gasteiger partial charge in [0.05, 0.1) is 17.7 Å². The van der Waals surface area contributed by atoms with Crippen LogP contribution < -0.4 is 5.32 Å². The number of anilines is 1. The third kappa shape index (κ3) is 2.72. The molecule has 0 aliphatic heterocycles. The summed E-state index contributed by atoms with van der Waals surface area (Å²) in [5.41, 5.74) is -0.634. The molecule has 2 nitrogen and oxygen atoms in total. The molecule has 0 amide bonds. The maximum atomic E-state index is 12.7. The molecule has 1 saturated carbocycles. The van der Waals surface area contributed by atoms with Crippen molar-refractivity contribution >= 4 is 5.69 Å². The number of halogens is 3. The number of para-hydroxylation sites is 1. The standard InChI is InChI=1S/C12H14F3NO/c13-12(14,15)8-4-1-2-5-9(8)16-10-6-3-7-11(10)17/h1-2,4-5,10-11,16-17H,3,6-7H2/t10-,11-/m1/s1. The van der Waals surface area contributed by atoms with Gasteiger partial charge in [0.15, 0.2) is 0 Å². The second-order valence-corrected chi connectivity index (χ2v) is 4.29. The van der Waals surface area contributed by atoms with Crippen molar-refractivity contribution in [1.29, 1.82) is 0 Å². The molecule has 1 fully saturated rings. The molecule has 0 radical (unpaired) electrons. The van der Waals surface area contributed by atoms with Gasteiger partial charge in [-0.15, -0.1) is 0 Å². The first-order chi connectivity index (χ1) is 7.98. The highest BCUT2D eigenvalue weighted by Gasteiger charge is 2.34. The van der Waals surface area contributed by atoms with Crippen molar-refractivity contribution in [2.75, 3.05) is 5.32 Å². The summed E-state index contributed by atoms with van der Waals surface area (Å²) in [7, 11) is 0. The molecule has 0 spiro atoms. The van der Waals surface area contributed by atoms with Crippen LogP contribution in [-0.4, -0.2) is 17.3 Å². The third-order valence-corrected chi connectivity index (χ3v) is 3.05. The van der Waals surface area contributed by atoms with Gasteiger partial charge in [-0.25, -0.2) is 0 Å². The molecule has 94 valence electrons. The summed E-state index contributed by atoms with van der Waals surface area (Å²) in [6.45, 7) is 0. The van der Waals surface area contributed by atoms with Crippen molar-refractivity contribution in [2.45, 2.75) is 37.6 Å². The molecule has 1 aromatic carbocycles. The van der Waals surface area contributed by atoms with E-state index in [4.69, 9.17) is 0 Å². The minimum absolute atomic E-state index is 0.0472. The Morgan fingerprint density at radius 3 is 2.47 bits per heavy atom. The first kappa shape index (κ1) is 12.2. The van der Waals surface area contributed by atoms with Crippen LogP contribution in [0.15, 0.2) is 24.3 Å². The summed E-state index contributed by atoms with van der Waals surface area (Å²) in [5, 5.41) is 12.4. The number of hydrogen-bond acceptors (Lipinski definition) is 2. The van der Waals surface area contributed by atoms with Crippen LogP contribution in [-0.2, 0) is 6.18 Å². The molecule has 1 aromatic rings. The fourth-order valence-corrected chi connectivity index (χ4v) is 2.16. The summed E-state index contributed by atoms with van der Waals surface area (Å²) in [5.74, 6) is 0. The largest absolute Gasteiger partial charge is 0.418 e. The minimum atomic E-state index is -4.37. The van der Waals surface area contributed by atoms with Crippen LogP contribution in [0.2, 0.25) is 0 Å². The Kier molecular flexibility index (Phi) is 3.28. The molecule has 1 aliphatic rings. The molecule has 5 heteroatoms. The molecule has 1 aliphatic carbocycles. The lowest BCUT2D eigenvalue weighted by molar-refractivity contribution is -0.137. The van der Waals surface area contributed by atoms with E-state index in [1.807, 2.05) is 0 Å². The van der Waals surface area contributed by atoms with Crippen LogP contribution in [0.4, 0.5) is 18.9 Å². The molecule has 0 unspecified atom stereocenters. The predicted octanol–water partition coefficient (Wildman–Crippen LogP) is 3.03. The lowest BCUT2D eigenvalue weighted by Gasteiger charge is -2.21. The van der Waals surface area contributed by atoms with E-state index in [0.717, 1.165) is 12.5 Å². The molecule has 2 atom stereocenters. The molecular formula is C12H14F3NO. The van der Waals surface area contributed by atoms with Gasteiger partial charge in [0, 0.05) is 5.69 Å². The number of aliphatic hydroxyl groups excluding tert-OH is 1. The number of hydrogen-bond donors (Lipinski definition) is 2. The zero-order chi connectivity index (χ0) is 12.5. The molecule has 2 rings (SSSR count). The Bertz CT molecular complexity index is 392. The van der Waals surface area contributed by atoms with Gasteiger partial charge in [0.25, 0.3) is 0 Å².